The van der Waals surface area contributed by atoms with Crippen LogP contribution in [-0.2, 0) is 17.6 Å². The molecule has 0 radical (unpaired) electrons. The first-order valence-corrected chi connectivity index (χ1v) is 15.1. The summed E-state index contributed by atoms with van der Waals surface area (Å²) < 4.78 is 11.7. The number of nitrogens with two attached hydrogens (primary N) is 1. The predicted molar refractivity (Wildman–Crippen MR) is 163 cm³/mol. The van der Waals surface area contributed by atoms with Gasteiger partial charge in [0.25, 0.3) is 0 Å². The zero-order valence-corrected chi connectivity index (χ0v) is 24.5. The molecule has 1 saturated carbocycles. The Kier molecular flexibility index (Phi) is 13.8. The number of rotatable bonds is 17. The third-order valence-electron chi connectivity index (χ3n) is 7.67. The lowest BCUT2D eigenvalue weighted by Crippen LogP contribution is -2.21. The van der Waals surface area contributed by atoms with E-state index in [0.29, 0.717) is 25.2 Å². The number of guanidine groups is 1. The molecule has 0 spiro atoms. The average Bonchev–Trinajstić information content (AvgIpc) is 2.96. The van der Waals surface area contributed by atoms with Crippen molar-refractivity contribution in [3.8, 4) is 11.5 Å². The van der Waals surface area contributed by atoms with Crippen LogP contribution in [0.15, 0.2) is 47.5 Å². The molecule has 4 N–H and O–H groups in total. The van der Waals surface area contributed by atoms with E-state index < -0.39 is 6.10 Å². The van der Waals surface area contributed by atoms with E-state index >= 15 is 0 Å². The Labute approximate surface area is 240 Å². The third-order valence-corrected chi connectivity index (χ3v) is 7.67. The van der Waals surface area contributed by atoms with Crippen molar-refractivity contribution in [2.45, 2.75) is 109 Å². The number of hydrogen-bond donors (Lipinski definition) is 3. The fraction of sp³-hybridized carbons (Fsp3) is 0.576. The van der Waals surface area contributed by atoms with E-state index in [1.165, 1.54) is 24.8 Å². The van der Waals surface area contributed by atoms with Crippen LogP contribution in [0.2, 0.25) is 0 Å². The van der Waals surface area contributed by atoms with Crippen molar-refractivity contribution < 1.29 is 19.4 Å². The first-order chi connectivity index (χ1) is 19.5. The van der Waals surface area contributed by atoms with Gasteiger partial charge in [0.05, 0.1) is 19.3 Å². The Balaban J connectivity index is 1.28. The Hall–Kier alpha value is -3.06. The van der Waals surface area contributed by atoms with Crippen molar-refractivity contribution in [1.82, 2.24) is 0 Å². The Morgan fingerprint density at radius 2 is 1.75 bits per heavy atom. The maximum Gasteiger partial charge on any atom is 0.192 e. The lowest BCUT2D eigenvalue weighted by Gasteiger charge is -2.24. The quantitative estimate of drug-likeness (QED) is 0.116. The molecule has 1 atom stereocenters. The van der Waals surface area contributed by atoms with Gasteiger partial charge in [-0.25, -0.2) is 0 Å². The molecular weight excluding hydrogens is 502 g/mol. The van der Waals surface area contributed by atoms with Gasteiger partial charge >= 0.3 is 0 Å². The van der Waals surface area contributed by atoms with Gasteiger partial charge in [0.1, 0.15) is 5.78 Å². The number of ketones is 1. The number of carbonyl (C=O) groups is 1. The van der Waals surface area contributed by atoms with Crippen molar-refractivity contribution in [3.63, 3.8) is 0 Å². The molecule has 1 aliphatic carbocycles. The van der Waals surface area contributed by atoms with Crippen LogP contribution in [0, 0.1) is 0 Å². The summed E-state index contributed by atoms with van der Waals surface area (Å²) in [7, 11) is 3.32. The molecule has 0 heterocycles. The van der Waals surface area contributed by atoms with Crippen LogP contribution in [-0.4, -0.2) is 43.2 Å². The SMILES string of the molecule is CN=C(N)Nc1cccc(CCCCCCCC(O)CC(=O)CCc2ccc(OC)c(OC3CCCCC3)c2)c1. The predicted octanol–water partition coefficient (Wildman–Crippen LogP) is 6.60. The highest BCUT2D eigenvalue weighted by Gasteiger charge is 2.18. The van der Waals surface area contributed by atoms with Crippen molar-refractivity contribution >= 4 is 17.4 Å². The molecule has 2 aromatic carbocycles. The van der Waals surface area contributed by atoms with Gasteiger partial charge in [0, 0.05) is 25.6 Å². The molecule has 0 aliphatic heterocycles. The second kappa shape index (κ2) is 17.6. The molecule has 3 rings (SSSR count). The highest BCUT2D eigenvalue weighted by molar-refractivity contribution is 5.92. The topological polar surface area (TPSA) is 106 Å². The van der Waals surface area contributed by atoms with E-state index in [4.69, 9.17) is 15.2 Å². The Morgan fingerprint density at radius 3 is 2.52 bits per heavy atom. The second-order valence-corrected chi connectivity index (χ2v) is 11.0. The van der Waals surface area contributed by atoms with Gasteiger partial charge in [-0.05, 0) is 86.8 Å². The lowest BCUT2D eigenvalue weighted by molar-refractivity contribution is -0.121. The number of unbranched alkanes of at least 4 members (excludes halogenated alkanes) is 4. The number of hydrogen-bond acceptors (Lipinski definition) is 5. The molecule has 40 heavy (non-hydrogen) atoms. The van der Waals surface area contributed by atoms with Crippen LogP contribution in [0.4, 0.5) is 5.69 Å². The van der Waals surface area contributed by atoms with E-state index in [9.17, 15) is 9.90 Å². The Morgan fingerprint density at radius 1 is 1.00 bits per heavy atom. The summed E-state index contributed by atoms with van der Waals surface area (Å²) in [5, 5.41) is 13.5. The van der Waals surface area contributed by atoms with Crippen LogP contribution in [0.1, 0.15) is 94.6 Å². The molecule has 7 nitrogen and oxygen atoms in total. The molecule has 0 aromatic heterocycles. The van der Waals surface area contributed by atoms with Crippen molar-refractivity contribution in [3.05, 3.63) is 53.6 Å². The number of benzene rings is 2. The smallest absolute Gasteiger partial charge is 0.192 e. The van der Waals surface area contributed by atoms with Gasteiger partial charge < -0.3 is 25.6 Å². The van der Waals surface area contributed by atoms with Crippen molar-refractivity contribution in [2.75, 3.05) is 19.5 Å². The molecule has 7 heteroatoms. The number of aliphatic imine (C=N–C) groups is 1. The summed E-state index contributed by atoms with van der Waals surface area (Å²) in [6.45, 7) is 0. The minimum absolute atomic E-state index is 0.113. The molecule has 1 unspecified atom stereocenters. The number of aryl methyl sites for hydroxylation is 2. The molecule has 220 valence electrons. The van der Waals surface area contributed by atoms with Crippen LogP contribution in [0.5, 0.6) is 11.5 Å². The maximum atomic E-state index is 12.5. The first-order valence-electron chi connectivity index (χ1n) is 15.1. The van der Waals surface area contributed by atoms with Gasteiger partial charge in [-0.2, -0.15) is 0 Å². The van der Waals surface area contributed by atoms with E-state index in [2.05, 4.69) is 22.4 Å². The van der Waals surface area contributed by atoms with Gasteiger partial charge in [-0.3, -0.25) is 9.79 Å². The van der Waals surface area contributed by atoms with Gasteiger partial charge in [0.2, 0.25) is 0 Å². The fourth-order valence-corrected chi connectivity index (χ4v) is 5.33. The van der Waals surface area contributed by atoms with E-state index in [-0.39, 0.29) is 18.3 Å². The maximum absolute atomic E-state index is 12.5. The van der Waals surface area contributed by atoms with Crippen LogP contribution >= 0.6 is 0 Å². The number of aliphatic hydroxyl groups is 1. The number of aliphatic hydroxyl groups excluding tert-OH is 1. The molecule has 0 amide bonds. The molecular formula is C33H49N3O4. The largest absolute Gasteiger partial charge is 0.493 e. The summed E-state index contributed by atoms with van der Waals surface area (Å²) in [5.74, 6) is 2.04. The van der Waals surface area contributed by atoms with Crippen molar-refractivity contribution in [1.29, 1.82) is 0 Å². The average molecular weight is 552 g/mol. The number of Topliss-reactive ketones (excluding diaryl/α,β-unsaturated/α-hetero) is 1. The number of carbonyl (C=O) groups excluding carboxylic acids is 1. The Bertz CT molecular complexity index is 1070. The van der Waals surface area contributed by atoms with E-state index in [0.717, 1.165) is 74.1 Å². The molecule has 0 saturated heterocycles. The summed E-state index contributed by atoms with van der Waals surface area (Å²) in [6.07, 6.45) is 14.0. The number of ether oxygens (including phenoxy) is 2. The first kappa shape index (κ1) is 31.5. The molecule has 1 aliphatic rings. The minimum atomic E-state index is -0.553. The van der Waals surface area contributed by atoms with Crippen LogP contribution in [0.25, 0.3) is 0 Å². The van der Waals surface area contributed by atoms with Crippen LogP contribution < -0.4 is 20.5 Å². The molecule has 1 fully saturated rings. The summed E-state index contributed by atoms with van der Waals surface area (Å²) >= 11 is 0. The zero-order valence-electron chi connectivity index (χ0n) is 24.5. The highest BCUT2D eigenvalue weighted by Crippen LogP contribution is 2.32. The second-order valence-electron chi connectivity index (χ2n) is 11.0. The van der Waals surface area contributed by atoms with Crippen molar-refractivity contribution in [2.24, 2.45) is 10.7 Å². The van der Waals surface area contributed by atoms with Gasteiger partial charge in [0.15, 0.2) is 17.5 Å². The standard InChI is InChI=1S/C33H49N3O4/c1-35-33(34)36-27-14-11-13-25(22-27)12-7-4-3-5-8-15-28(37)24-29(38)20-18-26-19-21-31(39-2)32(23-26)40-30-16-9-6-10-17-30/h11,13-14,19,21-23,28,30,37H,3-10,12,15-18,20,24H2,1-2H3,(H3,34,35,36). The summed E-state index contributed by atoms with van der Waals surface area (Å²) in [4.78, 5) is 16.5. The normalized spacial score (nSPS) is 15.0. The molecule has 2 aromatic rings. The van der Waals surface area contributed by atoms with Crippen LogP contribution in [0.3, 0.4) is 0 Å². The number of methoxy groups -OCH3 is 1. The third kappa shape index (κ3) is 11.6. The highest BCUT2D eigenvalue weighted by atomic mass is 16.5. The number of anilines is 1. The van der Waals surface area contributed by atoms with E-state index in [1.807, 2.05) is 30.3 Å². The number of nitrogens with one attached hydrogen (secondary N) is 1. The summed E-state index contributed by atoms with van der Waals surface area (Å²) in [5.41, 5.74) is 9.05. The lowest BCUT2D eigenvalue weighted by atomic mass is 9.97. The number of nitrogens with zero attached hydrogens (tertiary/aromatic N) is 1. The zero-order chi connectivity index (χ0) is 28.6. The summed E-state index contributed by atoms with van der Waals surface area (Å²) in [6, 6.07) is 14.2. The fourth-order valence-electron chi connectivity index (χ4n) is 5.33. The monoisotopic (exact) mass is 551 g/mol. The molecule has 0 bridgehead atoms. The van der Waals surface area contributed by atoms with Gasteiger partial charge in [-0.15, -0.1) is 0 Å². The minimum Gasteiger partial charge on any atom is -0.493 e. The van der Waals surface area contributed by atoms with E-state index in [1.54, 1.807) is 14.2 Å². The van der Waals surface area contributed by atoms with Gasteiger partial charge in [-0.1, -0.05) is 50.3 Å².